The van der Waals surface area contributed by atoms with Crippen molar-refractivity contribution < 1.29 is 19.1 Å². The Morgan fingerprint density at radius 3 is 2.59 bits per heavy atom. The molecule has 144 valence electrons. The molecule has 3 atom stereocenters. The Kier molecular flexibility index (Phi) is 7.42. The highest BCUT2D eigenvalue weighted by Crippen LogP contribution is 2.29. The molecule has 27 heavy (non-hydrogen) atoms. The van der Waals surface area contributed by atoms with E-state index in [1.54, 1.807) is 31.4 Å². The molecule has 0 aromatic heterocycles. The van der Waals surface area contributed by atoms with Crippen LogP contribution in [0.2, 0.25) is 0 Å². The zero-order valence-electron chi connectivity index (χ0n) is 16.0. The largest absolute Gasteiger partial charge is 0.497 e. The molecule has 0 spiro atoms. The van der Waals surface area contributed by atoms with Gasteiger partial charge in [-0.2, -0.15) is 5.26 Å². The van der Waals surface area contributed by atoms with E-state index < -0.39 is 12.6 Å². The molecule has 0 saturated heterocycles. The summed E-state index contributed by atoms with van der Waals surface area (Å²) >= 11 is 0. The molecule has 6 heteroatoms. The summed E-state index contributed by atoms with van der Waals surface area (Å²) in [4.78, 5) is 24.2. The van der Waals surface area contributed by atoms with Crippen LogP contribution >= 0.6 is 0 Å². The predicted molar refractivity (Wildman–Crippen MR) is 102 cm³/mol. The highest BCUT2D eigenvalue weighted by atomic mass is 16.5. The maximum absolute atomic E-state index is 12.1. The molecule has 0 unspecified atom stereocenters. The minimum Gasteiger partial charge on any atom is -0.497 e. The fraction of sp³-hybridized carbons (Fsp3) is 0.476. The number of amides is 1. The van der Waals surface area contributed by atoms with Crippen molar-refractivity contribution in [1.82, 2.24) is 5.32 Å². The van der Waals surface area contributed by atoms with Crippen LogP contribution in [0.4, 0.5) is 0 Å². The van der Waals surface area contributed by atoms with Crippen LogP contribution in [0.25, 0.3) is 6.08 Å². The van der Waals surface area contributed by atoms with Gasteiger partial charge in [0, 0.05) is 6.04 Å². The Bertz CT molecular complexity index is 734. The second-order valence-corrected chi connectivity index (χ2v) is 6.96. The maximum Gasteiger partial charge on any atom is 0.349 e. The Morgan fingerprint density at radius 2 is 1.96 bits per heavy atom. The van der Waals surface area contributed by atoms with Crippen molar-refractivity contribution in [3.8, 4) is 11.8 Å². The first-order valence-corrected chi connectivity index (χ1v) is 9.17. The molecular weight excluding hydrogens is 344 g/mol. The Balaban J connectivity index is 1.89. The number of esters is 1. The molecular formula is C21H26N2O4. The van der Waals surface area contributed by atoms with Gasteiger partial charge in [-0.3, -0.25) is 4.79 Å². The van der Waals surface area contributed by atoms with Crippen LogP contribution in [0.5, 0.6) is 5.75 Å². The maximum atomic E-state index is 12.1. The van der Waals surface area contributed by atoms with E-state index in [1.165, 1.54) is 12.5 Å². The molecule has 0 bridgehead atoms. The molecule has 1 N–H and O–H groups in total. The highest BCUT2D eigenvalue weighted by molar-refractivity contribution is 5.98. The van der Waals surface area contributed by atoms with Crippen molar-refractivity contribution in [3.63, 3.8) is 0 Å². The van der Waals surface area contributed by atoms with Crippen LogP contribution in [0.3, 0.4) is 0 Å². The lowest BCUT2D eigenvalue weighted by Gasteiger charge is -2.34. The van der Waals surface area contributed by atoms with Gasteiger partial charge in [0.2, 0.25) is 0 Å². The number of ether oxygens (including phenoxy) is 2. The van der Waals surface area contributed by atoms with Crippen molar-refractivity contribution in [2.24, 2.45) is 11.8 Å². The molecule has 1 amide bonds. The van der Waals surface area contributed by atoms with E-state index in [2.05, 4.69) is 19.2 Å². The monoisotopic (exact) mass is 370 g/mol. The third kappa shape index (κ3) is 5.85. The summed E-state index contributed by atoms with van der Waals surface area (Å²) in [5.74, 6) is 0.480. The van der Waals surface area contributed by atoms with Crippen molar-refractivity contribution >= 4 is 18.0 Å². The van der Waals surface area contributed by atoms with Crippen molar-refractivity contribution in [1.29, 1.82) is 5.26 Å². The summed E-state index contributed by atoms with van der Waals surface area (Å²) in [6.45, 7) is 3.93. The Morgan fingerprint density at radius 1 is 1.26 bits per heavy atom. The van der Waals surface area contributed by atoms with Gasteiger partial charge >= 0.3 is 5.97 Å². The van der Waals surface area contributed by atoms with Crippen LogP contribution in [-0.2, 0) is 14.3 Å². The van der Waals surface area contributed by atoms with E-state index in [9.17, 15) is 14.9 Å². The van der Waals surface area contributed by atoms with Crippen LogP contribution < -0.4 is 10.1 Å². The first kappa shape index (κ1) is 20.5. The molecule has 2 rings (SSSR count). The van der Waals surface area contributed by atoms with E-state index in [1.807, 2.05) is 6.07 Å². The number of hydrogen-bond acceptors (Lipinski definition) is 5. The SMILES string of the molecule is COc1ccc(/C=C(\C#N)C(=O)OCC(=O)N[C@@H]2CCC[C@@H](C)[C@H]2C)cc1. The average Bonchev–Trinajstić information content (AvgIpc) is 2.68. The summed E-state index contributed by atoms with van der Waals surface area (Å²) < 4.78 is 10.1. The van der Waals surface area contributed by atoms with E-state index in [0.717, 1.165) is 12.8 Å². The minimum atomic E-state index is -0.812. The normalized spacial score (nSPS) is 22.4. The number of benzene rings is 1. The van der Waals surface area contributed by atoms with Gasteiger partial charge < -0.3 is 14.8 Å². The molecule has 1 saturated carbocycles. The lowest BCUT2D eigenvalue weighted by atomic mass is 9.78. The zero-order valence-corrected chi connectivity index (χ0v) is 16.0. The number of nitriles is 1. The van der Waals surface area contributed by atoms with Crippen molar-refractivity contribution in [2.45, 2.75) is 39.2 Å². The molecule has 1 aromatic rings. The average molecular weight is 370 g/mol. The molecule has 1 fully saturated rings. The van der Waals surface area contributed by atoms with E-state index in [0.29, 0.717) is 23.1 Å². The second kappa shape index (κ2) is 9.77. The van der Waals surface area contributed by atoms with Gasteiger partial charge in [-0.15, -0.1) is 0 Å². The van der Waals surface area contributed by atoms with Gasteiger partial charge in [0.15, 0.2) is 6.61 Å². The van der Waals surface area contributed by atoms with Crippen molar-refractivity contribution in [2.75, 3.05) is 13.7 Å². The lowest BCUT2D eigenvalue weighted by molar-refractivity contribution is -0.144. The fourth-order valence-corrected chi connectivity index (χ4v) is 3.25. The lowest BCUT2D eigenvalue weighted by Crippen LogP contribution is -2.45. The standard InChI is InChI=1S/C21H26N2O4/c1-14-5-4-6-19(15(14)2)23-20(24)13-27-21(25)17(12-22)11-16-7-9-18(26-3)10-8-16/h7-11,14-15,19H,4-6,13H2,1-3H3,(H,23,24)/b17-11+/t14-,15-,19-/m1/s1. The van der Waals surface area contributed by atoms with Crippen LogP contribution in [0.15, 0.2) is 29.8 Å². The van der Waals surface area contributed by atoms with Gasteiger partial charge in [0.05, 0.1) is 7.11 Å². The smallest absolute Gasteiger partial charge is 0.349 e. The molecule has 1 aliphatic rings. The number of rotatable bonds is 6. The molecule has 6 nitrogen and oxygen atoms in total. The molecule has 1 aromatic carbocycles. The molecule has 0 heterocycles. The summed E-state index contributed by atoms with van der Waals surface area (Å²) in [5, 5.41) is 12.1. The topological polar surface area (TPSA) is 88.4 Å². The Labute approximate surface area is 160 Å². The number of nitrogens with zero attached hydrogens (tertiary/aromatic N) is 1. The van der Waals surface area contributed by atoms with E-state index in [-0.39, 0.29) is 17.5 Å². The summed E-state index contributed by atoms with van der Waals surface area (Å²) in [6, 6.07) is 8.83. The first-order chi connectivity index (χ1) is 12.9. The van der Waals surface area contributed by atoms with Gasteiger partial charge in [-0.05, 0) is 42.0 Å². The predicted octanol–water partition coefficient (Wildman–Crippen LogP) is 3.09. The number of methoxy groups -OCH3 is 1. The van der Waals surface area contributed by atoms with Crippen LogP contribution in [0, 0.1) is 23.2 Å². The van der Waals surface area contributed by atoms with Crippen LogP contribution in [0.1, 0.15) is 38.7 Å². The summed E-state index contributed by atoms with van der Waals surface area (Å²) in [6.07, 6.45) is 4.61. The minimum absolute atomic E-state index is 0.102. The molecule has 0 radical (unpaired) electrons. The van der Waals surface area contributed by atoms with Gasteiger partial charge in [0.1, 0.15) is 17.4 Å². The number of nitrogens with one attached hydrogen (secondary N) is 1. The summed E-state index contributed by atoms with van der Waals surface area (Å²) in [5.41, 5.74) is 0.506. The number of carbonyl (C=O) groups excluding carboxylic acids is 2. The van der Waals surface area contributed by atoms with Gasteiger partial charge in [-0.1, -0.05) is 38.8 Å². The number of carbonyl (C=O) groups is 2. The third-order valence-corrected chi connectivity index (χ3v) is 5.15. The zero-order chi connectivity index (χ0) is 19.8. The highest BCUT2D eigenvalue weighted by Gasteiger charge is 2.28. The fourth-order valence-electron chi connectivity index (χ4n) is 3.25. The number of hydrogen-bond donors (Lipinski definition) is 1. The summed E-state index contributed by atoms with van der Waals surface area (Å²) in [7, 11) is 1.56. The second-order valence-electron chi connectivity index (χ2n) is 6.96. The van der Waals surface area contributed by atoms with E-state index in [4.69, 9.17) is 9.47 Å². The first-order valence-electron chi connectivity index (χ1n) is 9.17. The molecule has 0 aliphatic heterocycles. The van der Waals surface area contributed by atoms with Gasteiger partial charge in [0.25, 0.3) is 5.91 Å². The van der Waals surface area contributed by atoms with E-state index >= 15 is 0 Å². The quantitative estimate of drug-likeness (QED) is 0.472. The third-order valence-electron chi connectivity index (χ3n) is 5.15. The van der Waals surface area contributed by atoms with Crippen molar-refractivity contribution in [3.05, 3.63) is 35.4 Å². The molecule has 1 aliphatic carbocycles. The Hall–Kier alpha value is -2.81. The van der Waals surface area contributed by atoms with Crippen LogP contribution in [-0.4, -0.2) is 31.6 Å². The van der Waals surface area contributed by atoms with Gasteiger partial charge in [-0.25, -0.2) is 4.79 Å².